The van der Waals surface area contributed by atoms with E-state index in [9.17, 15) is 14.9 Å². The molecule has 11 nitrogen and oxygen atoms in total. The van der Waals surface area contributed by atoms with E-state index in [2.05, 4.69) is 37.4 Å². The second-order valence-electron chi connectivity index (χ2n) is 8.98. The van der Waals surface area contributed by atoms with Crippen molar-refractivity contribution in [2.75, 3.05) is 55.9 Å². The molecule has 194 valence electrons. The van der Waals surface area contributed by atoms with Crippen LogP contribution >= 0.6 is 0 Å². The van der Waals surface area contributed by atoms with Crippen LogP contribution in [0.25, 0.3) is 10.8 Å². The second-order valence-corrected chi connectivity index (χ2v) is 8.98. The van der Waals surface area contributed by atoms with Gasteiger partial charge in [-0.3, -0.25) is 19.9 Å². The highest BCUT2D eigenvalue weighted by Crippen LogP contribution is 2.34. The van der Waals surface area contributed by atoms with Gasteiger partial charge in [0.2, 0.25) is 5.88 Å². The highest BCUT2D eigenvalue weighted by Gasteiger charge is 2.21. The van der Waals surface area contributed by atoms with Crippen LogP contribution in [-0.2, 0) is 0 Å². The number of pyridine rings is 2. The van der Waals surface area contributed by atoms with E-state index in [1.54, 1.807) is 24.4 Å². The zero-order chi connectivity index (χ0) is 26.6. The molecule has 1 amide bonds. The van der Waals surface area contributed by atoms with Gasteiger partial charge < -0.3 is 25.2 Å². The molecule has 2 aromatic heterocycles. The second kappa shape index (κ2) is 10.7. The molecule has 1 aliphatic heterocycles. The average molecular weight is 514 g/mol. The summed E-state index contributed by atoms with van der Waals surface area (Å²) in [7, 11) is 3.56. The van der Waals surface area contributed by atoms with Gasteiger partial charge in [-0.25, -0.2) is 4.98 Å². The molecule has 0 aliphatic carbocycles. The number of amides is 1. The minimum Gasteiger partial charge on any atom is -0.480 e. The first-order chi connectivity index (χ1) is 18.4. The Morgan fingerprint density at radius 3 is 2.47 bits per heavy atom. The van der Waals surface area contributed by atoms with E-state index in [1.807, 2.05) is 24.3 Å². The molecular weight excluding hydrogens is 486 g/mol. The summed E-state index contributed by atoms with van der Waals surface area (Å²) in [5.74, 6) is -0.273. The third-order valence-corrected chi connectivity index (χ3v) is 6.58. The van der Waals surface area contributed by atoms with Gasteiger partial charge in [0, 0.05) is 61.4 Å². The van der Waals surface area contributed by atoms with Crippen LogP contribution in [0.1, 0.15) is 10.4 Å². The Morgan fingerprint density at radius 2 is 1.76 bits per heavy atom. The number of fused-ring (bicyclic) bond motifs is 1. The standard InChI is InChI=1S/C27H27N7O4/c1-32-12-14-33(15-13-32)19-8-6-18(7-9-19)30-26(35)25-22(10-11-29-27(25)38-2)31-23-17-28-16-21-20(23)4-3-5-24(21)34(36)37/h3-11,16-17H,12-15H2,1-2H3,(H,29,31)(H,30,35). The lowest BCUT2D eigenvalue weighted by Gasteiger charge is -2.34. The van der Waals surface area contributed by atoms with Crippen LogP contribution in [0.15, 0.2) is 67.1 Å². The smallest absolute Gasteiger partial charge is 0.278 e. The summed E-state index contributed by atoms with van der Waals surface area (Å²) >= 11 is 0. The first-order valence-corrected chi connectivity index (χ1v) is 12.1. The molecule has 0 radical (unpaired) electrons. The van der Waals surface area contributed by atoms with Crippen molar-refractivity contribution in [2.24, 2.45) is 0 Å². The lowest BCUT2D eigenvalue weighted by molar-refractivity contribution is -0.383. The molecule has 0 spiro atoms. The number of nitrogens with one attached hydrogen (secondary N) is 2. The third kappa shape index (κ3) is 5.04. The minimum absolute atomic E-state index is 0.0519. The highest BCUT2D eigenvalue weighted by atomic mass is 16.6. The van der Waals surface area contributed by atoms with Crippen molar-refractivity contribution in [2.45, 2.75) is 0 Å². The molecule has 11 heteroatoms. The van der Waals surface area contributed by atoms with Gasteiger partial charge >= 0.3 is 0 Å². The van der Waals surface area contributed by atoms with Gasteiger partial charge in [-0.2, -0.15) is 0 Å². The minimum atomic E-state index is -0.447. The molecule has 0 bridgehead atoms. The zero-order valence-corrected chi connectivity index (χ0v) is 21.0. The number of hydrogen-bond donors (Lipinski definition) is 2. The fraction of sp³-hybridized carbons (Fsp3) is 0.222. The monoisotopic (exact) mass is 513 g/mol. The zero-order valence-electron chi connectivity index (χ0n) is 21.0. The number of methoxy groups -OCH3 is 1. The summed E-state index contributed by atoms with van der Waals surface area (Å²) in [4.78, 5) is 37.5. The van der Waals surface area contributed by atoms with Crippen molar-refractivity contribution in [3.8, 4) is 5.88 Å². The Labute approximate surface area is 219 Å². The summed E-state index contributed by atoms with van der Waals surface area (Å²) in [6, 6.07) is 14.2. The van der Waals surface area contributed by atoms with Gasteiger partial charge in [-0.05, 0) is 37.4 Å². The molecule has 1 saturated heterocycles. The predicted molar refractivity (Wildman–Crippen MR) is 147 cm³/mol. The van der Waals surface area contributed by atoms with Crippen LogP contribution in [0, 0.1) is 10.1 Å². The number of nitrogens with zero attached hydrogens (tertiary/aromatic N) is 5. The van der Waals surface area contributed by atoms with Gasteiger partial charge in [-0.15, -0.1) is 0 Å². The number of carbonyl (C=O) groups is 1. The van der Waals surface area contributed by atoms with Crippen molar-refractivity contribution in [1.82, 2.24) is 14.9 Å². The quantitative estimate of drug-likeness (QED) is 0.275. The lowest BCUT2D eigenvalue weighted by Crippen LogP contribution is -2.44. The van der Waals surface area contributed by atoms with Crippen molar-refractivity contribution in [3.05, 3.63) is 82.8 Å². The molecule has 3 heterocycles. The first kappa shape index (κ1) is 24.9. The van der Waals surface area contributed by atoms with E-state index in [0.29, 0.717) is 27.8 Å². The molecule has 4 aromatic rings. The van der Waals surface area contributed by atoms with Crippen molar-refractivity contribution in [3.63, 3.8) is 0 Å². The first-order valence-electron chi connectivity index (χ1n) is 12.1. The molecule has 0 unspecified atom stereocenters. The summed E-state index contributed by atoms with van der Waals surface area (Å²) in [6.07, 6.45) is 4.52. The van der Waals surface area contributed by atoms with Crippen LogP contribution in [-0.4, -0.2) is 66.0 Å². The van der Waals surface area contributed by atoms with Crippen molar-refractivity contribution < 1.29 is 14.5 Å². The van der Waals surface area contributed by atoms with Gasteiger partial charge in [-0.1, -0.05) is 12.1 Å². The molecule has 1 aliphatic rings. The van der Waals surface area contributed by atoms with E-state index in [-0.39, 0.29) is 17.1 Å². The fourth-order valence-corrected chi connectivity index (χ4v) is 4.52. The third-order valence-electron chi connectivity index (χ3n) is 6.58. The number of anilines is 4. The maximum atomic E-state index is 13.4. The Morgan fingerprint density at radius 1 is 1.00 bits per heavy atom. The predicted octanol–water partition coefficient (Wildman–Crippen LogP) is 4.29. The van der Waals surface area contributed by atoms with Crippen molar-refractivity contribution in [1.29, 1.82) is 0 Å². The summed E-state index contributed by atoms with van der Waals surface area (Å²) in [5, 5.41) is 18.6. The van der Waals surface area contributed by atoms with Crippen LogP contribution in [0.5, 0.6) is 5.88 Å². The normalized spacial score (nSPS) is 13.8. The number of nitro benzene ring substituents is 1. The number of likely N-dealkylation sites (N-methyl/N-ethyl adjacent to an activating group) is 1. The molecule has 0 atom stereocenters. The van der Waals surface area contributed by atoms with Crippen LogP contribution in [0.3, 0.4) is 0 Å². The maximum Gasteiger partial charge on any atom is 0.278 e. The molecule has 2 N–H and O–H groups in total. The van der Waals surface area contributed by atoms with E-state index >= 15 is 0 Å². The Kier molecular flexibility index (Phi) is 7.00. The Hall–Kier alpha value is -4.77. The molecule has 5 rings (SSSR count). The number of carbonyl (C=O) groups excluding carboxylic acids is 1. The number of piperazine rings is 1. The summed E-state index contributed by atoms with van der Waals surface area (Å²) in [6.45, 7) is 3.93. The Bertz CT molecular complexity index is 1490. The SMILES string of the molecule is COc1nccc(Nc2cncc3c([N+](=O)[O-])cccc23)c1C(=O)Nc1ccc(N2CCN(C)CC2)cc1. The van der Waals surface area contributed by atoms with Crippen molar-refractivity contribution >= 4 is 45.1 Å². The fourth-order valence-electron chi connectivity index (χ4n) is 4.52. The van der Waals surface area contributed by atoms with E-state index in [1.165, 1.54) is 25.6 Å². The average Bonchev–Trinajstić information content (AvgIpc) is 2.93. The number of aromatic nitrogens is 2. The molecule has 2 aromatic carbocycles. The number of benzene rings is 2. The maximum absolute atomic E-state index is 13.4. The van der Waals surface area contributed by atoms with Crippen LogP contribution in [0.2, 0.25) is 0 Å². The summed E-state index contributed by atoms with van der Waals surface area (Å²) in [5.41, 5.74) is 2.81. The van der Waals surface area contributed by atoms with Crippen LogP contribution < -0.4 is 20.3 Å². The molecule has 38 heavy (non-hydrogen) atoms. The molecular formula is C27H27N7O4. The van der Waals surface area contributed by atoms with E-state index in [0.717, 1.165) is 31.9 Å². The molecule has 0 saturated carbocycles. The van der Waals surface area contributed by atoms with Gasteiger partial charge in [0.25, 0.3) is 11.6 Å². The highest BCUT2D eigenvalue weighted by molar-refractivity contribution is 6.11. The van der Waals surface area contributed by atoms with E-state index in [4.69, 9.17) is 4.74 Å². The number of non-ortho nitro benzene ring substituents is 1. The summed E-state index contributed by atoms with van der Waals surface area (Å²) < 4.78 is 5.40. The number of nitro groups is 1. The number of ether oxygens (including phenoxy) is 1. The van der Waals surface area contributed by atoms with E-state index < -0.39 is 10.8 Å². The number of hydrogen-bond acceptors (Lipinski definition) is 9. The topological polar surface area (TPSA) is 126 Å². The Balaban J connectivity index is 1.41. The van der Waals surface area contributed by atoms with Gasteiger partial charge in [0.1, 0.15) is 5.56 Å². The lowest BCUT2D eigenvalue weighted by atomic mass is 10.1. The van der Waals surface area contributed by atoms with Gasteiger partial charge in [0.05, 0.1) is 35.0 Å². The molecule has 1 fully saturated rings. The van der Waals surface area contributed by atoms with Crippen LogP contribution in [0.4, 0.5) is 28.4 Å². The van der Waals surface area contributed by atoms with Gasteiger partial charge in [0.15, 0.2) is 0 Å². The largest absolute Gasteiger partial charge is 0.480 e. The number of rotatable bonds is 7.